The minimum absolute atomic E-state index is 0.836. The van der Waals surface area contributed by atoms with Gasteiger partial charge in [0.2, 0.25) is 0 Å². The van der Waals surface area contributed by atoms with Gasteiger partial charge in [0.25, 0.3) is 0 Å². The van der Waals surface area contributed by atoms with E-state index in [1.807, 2.05) is 36.4 Å². The number of allylic oxidation sites excluding steroid dienone is 2. The first-order chi connectivity index (χ1) is 8.95. The number of hydrogen-bond acceptors (Lipinski definition) is 1. The molecule has 18 heavy (non-hydrogen) atoms. The van der Waals surface area contributed by atoms with E-state index in [-0.39, 0.29) is 0 Å². The Morgan fingerprint density at radius 1 is 0.778 bits per heavy atom. The van der Waals surface area contributed by atoms with Gasteiger partial charge in [0, 0.05) is 12.2 Å². The molecule has 0 saturated heterocycles. The molecule has 0 aliphatic rings. The number of benzene rings is 2. The van der Waals surface area contributed by atoms with E-state index in [0.29, 0.717) is 0 Å². The second-order valence-electron chi connectivity index (χ2n) is 3.94. The van der Waals surface area contributed by atoms with Crippen molar-refractivity contribution in [3.8, 4) is 0 Å². The Morgan fingerprint density at radius 2 is 1.44 bits per heavy atom. The number of hydrogen-bond donors (Lipinski definition) is 1. The zero-order valence-electron chi connectivity index (χ0n) is 10.3. The molecule has 0 bridgehead atoms. The van der Waals surface area contributed by atoms with Gasteiger partial charge in [-0.25, -0.2) is 0 Å². The van der Waals surface area contributed by atoms with E-state index in [9.17, 15) is 0 Å². The van der Waals surface area contributed by atoms with Gasteiger partial charge in [-0.15, -0.1) is 0 Å². The Kier molecular flexibility index (Phi) is 4.82. The zero-order valence-corrected chi connectivity index (χ0v) is 10.3. The van der Waals surface area contributed by atoms with E-state index in [1.165, 1.54) is 5.56 Å². The Labute approximate surface area is 108 Å². The van der Waals surface area contributed by atoms with Gasteiger partial charge < -0.3 is 5.32 Å². The molecule has 0 aliphatic heterocycles. The van der Waals surface area contributed by atoms with Crippen molar-refractivity contribution in [2.45, 2.75) is 0 Å². The van der Waals surface area contributed by atoms with Crippen LogP contribution in [0.2, 0.25) is 0 Å². The van der Waals surface area contributed by atoms with Crippen LogP contribution in [0.25, 0.3) is 6.08 Å². The lowest BCUT2D eigenvalue weighted by Gasteiger charge is -2.00. The summed E-state index contributed by atoms with van der Waals surface area (Å²) >= 11 is 0. The van der Waals surface area contributed by atoms with Gasteiger partial charge in [-0.1, -0.05) is 72.8 Å². The van der Waals surface area contributed by atoms with Crippen molar-refractivity contribution < 1.29 is 0 Å². The molecule has 1 heteroatoms. The van der Waals surface area contributed by atoms with Gasteiger partial charge >= 0.3 is 0 Å². The van der Waals surface area contributed by atoms with Crippen LogP contribution in [-0.4, -0.2) is 6.54 Å². The highest BCUT2D eigenvalue weighted by atomic mass is 14.8. The highest BCUT2D eigenvalue weighted by molar-refractivity contribution is 5.50. The summed E-state index contributed by atoms with van der Waals surface area (Å²) in [4.78, 5) is 0. The summed E-state index contributed by atoms with van der Waals surface area (Å²) in [7, 11) is 0. The zero-order chi connectivity index (χ0) is 12.5. The van der Waals surface area contributed by atoms with Crippen LogP contribution in [0.4, 0.5) is 5.69 Å². The molecular weight excluding hydrogens is 218 g/mol. The molecule has 0 radical (unpaired) electrons. The van der Waals surface area contributed by atoms with Crippen molar-refractivity contribution in [2.24, 2.45) is 0 Å². The van der Waals surface area contributed by atoms with Crippen LogP contribution in [-0.2, 0) is 0 Å². The van der Waals surface area contributed by atoms with Crippen LogP contribution in [0.15, 0.2) is 78.9 Å². The molecule has 2 aromatic rings. The average Bonchev–Trinajstić information content (AvgIpc) is 2.45. The first kappa shape index (κ1) is 12.2. The van der Waals surface area contributed by atoms with Crippen molar-refractivity contribution in [2.75, 3.05) is 11.9 Å². The van der Waals surface area contributed by atoms with E-state index < -0.39 is 0 Å². The van der Waals surface area contributed by atoms with Crippen LogP contribution >= 0.6 is 0 Å². The second kappa shape index (κ2) is 7.13. The maximum Gasteiger partial charge on any atom is 0.0342 e. The van der Waals surface area contributed by atoms with Gasteiger partial charge in [-0.3, -0.25) is 0 Å². The molecule has 1 nitrogen and oxygen atoms in total. The van der Waals surface area contributed by atoms with Crippen LogP contribution in [0.5, 0.6) is 0 Å². The van der Waals surface area contributed by atoms with Crippen LogP contribution < -0.4 is 5.32 Å². The Hall–Kier alpha value is -2.28. The summed E-state index contributed by atoms with van der Waals surface area (Å²) in [5.41, 5.74) is 2.37. The van der Waals surface area contributed by atoms with E-state index in [4.69, 9.17) is 0 Å². The lowest BCUT2D eigenvalue weighted by Crippen LogP contribution is -1.96. The molecule has 1 N–H and O–H groups in total. The van der Waals surface area contributed by atoms with Crippen molar-refractivity contribution in [1.29, 1.82) is 0 Å². The third-order valence-electron chi connectivity index (χ3n) is 2.53. The van der Waals surface area contributed by atoms with E-state index in [0.717, 1.165) is 12.2 Å². The monoisotopic (exact) mass is 235 g/mol. The SMILES string of the molecule is C(C=Cc1ccccc1)=CCNc1ccccc1. The molecule has 2 aromatic carbocycles. The van der Waals surface area contributed by atoms with Crippen molar-refractivity contribution >= 4 is 11.8 Å². The summed E-state index contributed by atoms with van der Waals surface area (Å²) < 4.78 is 0. The molecule has 0 aliphatic carbocycles. The van der Waals surface area contributed by atoms with E-state index in [2.05, 4.69) is 53.9 Å². The number of rotatable bonds is 5. The summed E-state index contributed by atoms with van der Waals surface area (Å²) in [6, 6.07) is 20.5. The van der Waals surface area contributed by atoms with Gasteiger partial charge in [-0.05, 0) is 17.7 Å². The standard InChI is InChI=1S/C17H17N/c1-4-10-16(11-5-1)12-6-3-9-15-18-17-13-7-2-8-14-17/h1-14,18H,15H2. The lowest BCUT2D eigenvalue weighted by atomic mass is 10.2. The topological polar surface area (TPSA) is 12.0 Å². The summed E-state index contributed by atoms with van der Waals surface area (Å²) in [6.07, 6.45) is 8.32. The minimum Gasteiger partial charge on any atom is -0.382 e. The fraction of sp³-hybridized carbons (Fsp3) is 0.0588. The normalized spacial score (nSPS) is 11.1. The molecule has 0 heterocycles. The maximum atomic E-state index is 3.32. The molecule has 0 spiro atoms. The fourth-order valence-corrected chi connectivity index (χ4v) is 1.61. The molecule has 0 fully saturated rings. The molecule has 2 rings (SSSR count). The first-order valence-electron chi connectivity index (χ1n) is 6.12. The molecule has 90 valence electrons. The minimum atomic E-state index is 0.836. The van der Waals surface area contributed by atoms with Crippen molar-refractivity contribution in [3.05, 3.63) is 84.5 Å². The highest BCUT2D eigenvalue weighted by Gasteiger charge is 1.84. The molecule has 0 atom stereocenters. The van der Waals surface area contributed by atoms with Crippen LogP contribution in [0, 0.1) is 0 Å². The molecule has 0 amide bonds. The number of para-hydroxylation sites is 1. The van der Waals surface area contributed by atoms with Gasteiger partial charge in [0.15, 0.2) is 0 Å². The van der Waals surface area contributed by atoms with Gasteiger partial charge in [0.1, 0.15) is 0 Å². The van der Waals surface area contributed by atoms with Crippen LogP contribution in [0.3, 0.4) is 0 Å². The summed E-state index contributed by atoms with van der Waals surface area (Å²) in [5, 5.41) is 3.32. The van der Waals surface area contributed by atoms with Crippen LogP contribution in [0.1, 0.15) is 5.56 Å². The first-order valence-corrected chi connectivity index (χ1v) is 6.12. The van der Waals surface area contributed by atoms with E-state index in [1.54, 1.807) is 0 Å². The number of anilines is 1. The van der Waals surface area contributed by atoms with Crippen molar-refractivity contribution in [1.82, 2.24) is 0 Å². The predicted molar refractivity (Wildman–Crippen MR) is 79.5 cm³/mol. The fourth-order valence-electron chi connectivity index (χ4n) is 1.61. The molecule has 0 aromatic heterocycles. The third kappa shape index (κ3) is 4.30. The Morgan fingerprint density at radius 3 is 2.17 bits per heavy atom. The largest absolute Gasteiger partial charge is 0.382 e. The van der Waals surface area contributed by atoms with Gasteiger partial charge in [0.05, 0.1) is 0 Å². The second-order valence-corrected chi connectivity index (χ2v) is 3.94. The summed E-state index contributed by atoms with van der Waals surface area (Å²) in [6.45, 7) is 0.836. The maximum absolute atomic E-state index is 3.32. The quantitative estimate of drug-likeness (QED) is 0.759. The summed E-state index contributed by atoms with van der Waals surface area (Å²) in [5.74, 6) is 0. The Bertz CT molecular complexity index is 498. The predicted octanol–water partition coefficient (Wildman–Crippen LogP) is 4.37. The lowest BCUT2D eigenvalue weighted by molar-refractivity contribution is 1.33. The molecule has 0 saturated carbocycles. The van der Waals surface area contributed by atoms with Gasteiger partial charge in [-0.2, -0.15) is 0 Å². The van der Waals surface area contributed by atoms with E-state index >= 15 is 0 Å². The van der Waals surface area contributed by atoms with Crippen molar-refractivity contribution in [3.63, 3.8) is 0 Å². The smallest absolute Gasteiger partial charge is 0.0342 e. The number of nitrogens with one attached hydrogen (secondary N) is 1. The highest BCUT2D eigenvalue weighted by Crippen LogP contribution is 2.04. The molecular formula is C17H17N. The Balaban J connectivity index is 1.74. The third-order valence-corrected chi connectivity index (χ3v) is 2.53. The average molecular weight is 235 g/mol. The molecule has 0 unspecified atom stereocenters.